The van der Waals surface area contributed by atoms with Gasteiger partial charge in [0.05, 0.1) is 31.8 Å². The van der Waals surface area contributed by atoms with Crippen LogP contribution >= 0.6 is 11.6 Å². The molecule has 0 saturated carbocycles. The summed E-state index contributed by atoms with van der Waals surface area (Å²) >= 11 is 6.10. The average Bonchev–Trinajstić information content (AvgIpc) is 2.75. The first kappa shape index (κ1) is 26.0. The van der Waals surface area contributed by atoms with Crippen molar-refractivity contribution in [1.29, 1.82) is 0 Å². The van der Waals surface area contributed by atoms with E-state index in [0.29, 0.717) is 0 Å². The molecule has 0 spiro atoms. The molecule has 33 heavy (non-hydrogen) atoms. The number of sulfonamides is 1. The molecule has 0 aliphatic carbocycles. The van der Waals surface area contributed by atoms with E-state index in [1.54, 1.807) is 13.8 Å². The maximum Gasteiger partial charge on any atom is 0.341 e. The number of esters is 1. The van der Waals surface area contributed by atoms with Crippen molar-refractivity contribution in [1.82, 2.24) is 4.31 Å². The highest BCUT2D eigenvalue weighted by molar-refractivity contribution is 7.89. The largest absolute Gasteiger partial charge is 0.449 e. The standard InChI is InChI=1S/C20H23ClN4O7S/c1-4-24(5-2)33(30,31)14-7-9-16(21)18(11-14)23-19(26)12(3)32-20(27)15-8-6-13(25(28)29)10-17(15)22/h6-12H,4-5,22H2,1-3H3,(H,23,26). The Balaban J connectivity index is 2.18. The van der Waals surface area contributed by atoms with Crippen molar-refractivity contribution >= 4 is 50.6 Å². The molecule has 1 amide bonds. The fourth-order valence-corrected chi connectivity index (χ4v) is 4.48. The summed E-state index contributed by atoms with van der Waals surface area (Å²) in [4.78, 5) is 34.9. The van der Waals surface area contributed by atoms with Gasteiger partial charge in [-0.15, -0.1) is 0 Å². The van der Waals surface area contributed by atoms with Crippen LogP contribution in [0.25, 0.3) is 0 Å². The van der Waals surface area contributed by atoms with E-state index in [4.69, 9.17) is 22.1 Å². The summed E-state index contributed by atoms with van der Waals surface area (Å²) < 4.78 is 31.8. The highest BCUT2D eigenvalue weighted by Gasteiger charge is 2.25. The average molecular weight is 499 g/mol. The Morgan fingerprint density at radius 2 is 1.85 bits per heavy atom. The zero-order valence-electron chi connectivity index (χ0n) is 18.1. The smallest absolute Gasteiger partial charge is 0.341 e. The molecular weight excluding hydrogens is 476 g/mol. The lowest BCUT2D eigenvalue weighted by Gasteiger charge is -2.19. The molecule has 178 valence electrons. The van der Waals surface area contributed by atoms with E-state index in [1.165, 1.54) is 29.4 Å². The number of carbonyl (C=O) groups is 2. The Kier molecular flexibility index (Phi) is 8.36. The molecule has 0 fully saturated rings. The molecule has 0 heterocycles. The first-order valence-corrected chi connectivity index (χ1v) is 11.6. The van der Waals surface area contributed by atoms with Gasteiger partial charge in [0.1, 0.15) is 0 Å². The molecule has 1 unspecified atom stereocenters. The molecule has 0 aromatic heterocycles. The van der Waals surface area contributed by atoms with Gasteiger partial charge in [0.25, 0.3) is 11.6 Å². The summed E-state index contributed by atoms with van der Waals surface area (Å²) in [5.41, 5.74) is 5.07. The van der Waals surface area contributed by atoms with Crippen LogP contribution in [0.4, 0.5) is 17.1 Å². The molecule has 13 heteroatoms. The van der Waals surface area contributed by atoms with Crippen LogP contribution in [0, 0.1) is 10.1 Å². The minimum atomic E-state index is -3.79. The molecule has 11 nitrogen and oxygen atoms in total. The third kappa shape index (κ3) is 5.97. The topological polar surface area (TPSA) is 162 Å². The number of nitrogen functional groups attached to an aromatic ring is 1. The van der Waals surface area contributed by atoms with Crippen LogP contribution in [0.5, 0.6) is 0 Å². The van der Waals surface area contributed by atoms with Crippen molar-refractivity contribution < 1.29 is 27.7 Å². The van der Waals surface area contributed by atoms with Gasteiger partial charge in [0.2, 0.25) is 10.0 Å². The van der Waals surface area contributed by atoms with E-state index in [2.05, 4.69) is 5.32 Å². The lowest BCUT2D eigenvalue weighted by molar-refractivity contribution is -0.384. The molecule has 0 radical (unpaired) electrons. The number of halogens is 1. The van der Waals surface area contributed by atoms with Crippen molar-refractivity contribution in [2.75, 3.05) is 24.1 Å². The second-order valence-electron chi connectivity index (χ2n) is 6.80. The molecule has 1 atom stereocenters. The minimum absolute atomic E-state index is 0.0210. The minimum Gasteiger partial charge on any atom is -0.449 e. The van der Waals surface area contributed by atoms with Crippen LogP contribution in [-0.2, 0) is 19.6 Å². The summed E-state index contributed by atoms with van der Waals surface area (Å²) in [6, 6.07) is 7.09. The van der Waals surface area contributed by atoms with E-state index in [0.717, 1.165) is 18.2 Å². The van der Waals surface area contributed by atoms with E-state index < -0.39 is 32.9 Å². The van der Waals surface area contributed by atoms with Crippen LogP contribution in [0.15, 0.2) is 41.3 Å². The van der Waals surface area contributed by atoms with Gasteiger partial charge in [-0.25, -0.2) is 13.2 Å². The number of benzene rings is 2. The van der Waals surface area contributed by atoms with Crippen molar-refractivity contribution in [3.63, 3.8) is 0 Å². The summed E-state index contributed by atoms with van der Waals surface area (Å²) in [5, 5.41) is 13.3. The van der Waals surface area contributed by atoms with Gasteiger partial charge in [0.15, 0.2) is 6.10 Å². The predicted octanol–water partition coefficient (Wildman–Crippen LogP) is 3.04. The monoisotopic (exact) mass is 498 g/mol. The highest BCUT2D eigenvalue weighted by Crippen LogP contribution is 2.27. The van der Waals surface area contributed by atoms with Crippen molar-refractivity contribution in [2.45, 2.75) is 31.8 Å². The number of hydrogen-bond acceptors (Lipinski definition) is 8. The number of carbonyl (C=O) groups excluding carboxylic acids is 2. The number of hydrogen-bond donors (Lipinski definition) is 2. The Labute approximate surface area is 195 Å². The van der Waals surface area contributed by atoms with Gasteiger partial charge >= 0.3 is 5.97 Å². The fourth-order valence-electron chi connectivity index (χ4n) is 2.83. The number of non-ortho nitro benzene ring substituents is 1. The zero-order valence-corrected chi connectivity index (χ0v) is 19.6. The van der Waals surface area contributed by atoms with Crippen LogP contribution in [0.3, 0.4) is 0 Å². The summed E-state index contributed by atoms with van der Waals surface area (Å²) in [6.45, 7) is 5.23. The summed E-state index contributed by atoms with van der Waals surface area (Å²) in [5.74, 6) is -1.74. The first-order valence-electron chi connectivity index (χ1n) is 9.77. The third-order valence-corrected chi connectivity index (χ3v) is 7.03. The number of anilines is 2. The van der Waals surface area contributed by atoms with Gasteiger partial charge in [-0.05, 0) is 31.2 Å². The number of nitrogens with one attached hydrogen (secondary N) is 1. The molecule has 2 aromatic rings. The molecule has 0 aliphatic rings. The molecule has 0 aliphatic heterocycles. The molecule has 2 rings (SSSR count). The Morgan fingerprint density at radius 1 is 1.21 bits per heavy atom. The number of nitrogens with zero attached hydrogens (tertiary/aromatic N) is 2. The number of nitrogens with two attached hydrogens (primary N) is 1. The van der Waals surface area contributed by atoms with Crippen molar-refractivity contribution in [3.8, 4) is 0 Å². The number of nitro benzene ring substituents is 1. The summed E-state index contributed by atoms with van der Waals surface area (Å²) in [6.07, 6.45) is -1.31. The fraction of sp³-hybridized carbons (Fsp3) is 0.300. The molecular formula is C20H23ClN4O7S. The number of amides is 1. The predicted molar refractivity (Wildman–Crippen MR) is 123 cm³/mol. The van der Waals surface area contributed by atoms with E-state index in [-0.39, 0.29) is 45.6 Å². The second-order valence-corrected chi connectivity index (χ2v) is 9.14. The second kappa shape index (κ2) is 10.6. The molecule has 2 aromatic carbocycles. The molecule has 0 bridgehead atoms. The van der Waals surface area contributed by atoms with Gasteiger partial charge in [-0.3, -0.25) is 14.9 Å². The SMILES string of the molecule is CCN(CC)S(=O)(=O)c1ccc(Cl)c(NC(=O)C(C)OC(=O)c2ccc([N+](=O)[O-])cc2N)c1. The molecule has 3 N–H and O–H groups in total. The lowest BCUT2D eigenvalue weighted by Crippen LogP contribution is -2.31. The maximum atomic E-state index is 12.7. The summed E-state index contributed by atoms with van der Waals surface area (Å²) in [7, 11) is -3.79. The van der Waals surface area contributed by atoms with Crippen molar-refractivity contribution in [3.05, 3.63) is 57.1 Å². The molecule has 0 saturated heterocycles. The number of ether oxygens (including phenoxy) is 1. The normalized spacial score (nSPS) is 12.3. The van der Waals surface area contributed by atoms with Gasteiger partial charge in [-0.2, -0.15) is 4.31 Å². The Morgan fingerprint density at radius 3 is 2.39 bits per heavy atom. The van der Waals surface area contributed by atoms with Crippen LogP contribution in [0.1, 0.15) is 31.1 Å². The van der Waals surface area contributed by atoms with Crippen LogP contribution < -0.4 is 11.1 Å². The zero-order chi connectivity index (χ0) is 24.9. The number of nitro groups is 1. The quantitative estimate of drug-likeness (QED) is 0.230. The van der Waals surface area contributed by atoms with E-state index in [1.807, 2.05) is 0 Å². The van der Waals surface area contributed by atoms with Crippen LogP contribution in [-0.4, -0.2) is 48.7 Å². The van der Waals surface area contributed by atoms with E-state index in [9.17, 15) is 28.1 Å². The lowest BCUT2D eigenvalue weighted by atomic mass is 10.1. The highest BCUT2D eigenvalue weighted by atomic mass is 35.5. The van der Waals surface area contributed by atoms with E-state index >= 15 is 0 Å². The van der Waals surface area contributed by atoms with Crippen LogP contribution in [0.2, 0.25) is 5.02 Å². The van der Waals surface area contributed by atoms with Gasteiger partial charge in [-0.1, -0.05) is 25.4 Å². The van der Waals surface area contributed by atoms with Gasteiger partial charge < -0.3 is 15.8 Å². The maximum absolute atomic E-state index is 12.7. The Bertz CT molecular complexity index is 1180. The van der Waals surface area contributed by atoms with Crippen molar-refractivity contribution in [2.24, 2.45) is 0 Å². The first-order chi connectivity index (χ1) is 15.4. The van der Waals surface area contributed by atoms with Gasteiger partial charge in [0, 0.05) is 25.2 Å². The number of rotatable bonds is 9. The Hall–Kier alpha value is -3.22. The third-order valence-electron chi connectivity index (χ3n) is 4.66.